The highest BCUT2D eigenvalue weighted by atomic mass is 19.4. The molecule has 0 aliphatic rings. The van der Waals surface area contributed by atoms with Gasteiger partial charge >= 0.3 is 6.36 Å². The van der Waals surface area contributed by atoms with E-state index in [4.69, 9.17) is 17.2 Å². The summed E-state index contributed by atoms with van der Waals surface area (Å²) >= 11 is 0. The first-order valence-corrected chi connectivity index (χ1v) is 12.4. The first kappa shape index (κ1) is 30.7. The van der Waals surface area contributed by atoms with E-state index in [9.17, 15) is 27.6 Å². The summed E-state index contributed by atoms with van der Waals surface area (Å²) in [4.78, 5) is 43.0. The van der Waals surface area contributed by atoms with Crippen molar-refractivity contribution in [3.63, 3.8) is 0 Å². The second-order valence-corrected chi connectivity index (χ2v) is 8.78. The van der Waals surface area contributed by atoms with Crippen LogP contribution in [0.2, 0.25) is 0 Å². The molecule has 226 valence electrons. The van der Waals surface area contributed by atoms with Crippen molar-refractivity contribution in [2.75, 3.05) is 11.1 Å². The Labute approximate surface area is 245 Å². The lowest BCUT2D eigenvalue weighted by Crippen LogP contribution is -2.21. The fourth-order valence-electron chi connectivity index (χ4n) is 3.85. The number of anilines is 2. The van der Waals surface area contributed by atoms with Crippen LogP contribution >= 0.6 is 0 Å². The molecule has 0 aliphatic carbocycles. The van der Waals surface area contributed by atoms with Gasteiger partial charge in [0.1, 0.15) is 34.2 Å². The van der Waals surface area contributed by atoms with Gasteiger partial charge in [-0.15, -0.1) is 13.2 Å². The number of nitrogens with two attached hydrogens (primary N) is 3. The Morgan fingerprint density at radius 1 is 0.818 bits per heavy atom. The van der Waals surface area contributed by atoms with Crippen LogP contribution in [0.25, 0.3) is 22.5 Å². The standard InChI is InChI=1S/C18H14F3N5O3.C9H9N5O/c19-18(20,21)29-12-6-2-1-4-10(12)8-13(27)24-15-14(11-5-3-7-23-9-11)25-26-16(15)17(22)28;10-6-7(5-2-1-3-12-4-5)13-14-8(6)9(11)15/h1-7,9H,8H2,(H2,22,28)(H,24,27)(H,25,26);1-4H,10H2,(H2,11,15)(H,13,14). The van der Waals surface area contributed by atoms with Gasteiger partial charge in [-0.05, 0) is 30.3 Å². The van der Waals surface area contributed by atoms with Crippen molar-refractivity contribution >= 4 is 29.1 Å². The molecule has 0 aliphatic heterocycles. The Morgan fingerprint density at radius 3 is 1.93 bits per heavy atom. The minimum absolute atomic E-state index is 0.00437. The molecule has 17 heteroatoms. The van der Waals surface area contributed by atoms with Gasteiger partial charge in [-0.3, -0.25) is 34.5 Å². The number of hydrogen-bond acceptors (Lipinski definition) is 9. The van der Waals surface area contributed by atoms with Crippen LogP contribution in [0, 0.1) is 0 Å². The van der Waals surface area contributed by atoms with Crippen LogP contribution in [0.4, 0.5) is 24.5 Å². The number of hydrogen-bond donors (Lipinski definition) is 6. The number of H-pyrrole nitrogens is 2. The molecule has 44 heavy (non-hydrogen) atoms. The zero-order valence-electron chi connectivity index (χ0n) is 22.4. The molecule has 0 atom stereocenters. The Kier molecular flexibility index (Phi) is 9.17. The summed E-state index contributed by atoms with van der Waals surface area (Å²) in [5.74, 6) is -2.69. The van der Waals surface area contributed by atoms with Gasteiger partial charge < -0.3 is 27.3 Å². The van der Waals surface area contributed by atoms with E-state index in [0.717, 1.165) is 11.6 Å². The number of ether oxygens (including phenoxy) is 1. The van der Waals surface area contributed by atoms with Gasteiger partial charge in [0.25, 0.3) is 11.8 Å². The second kappa shape index (κ2) is 13.1. The fraction of sp³-hybridized carbons (Fsp3) is 0.0741. The van der Waals surface area contributed by atoms with Gasteiger partial charge in [-0.25, -0.2) is 0 Å². The number of carbonyl (C=O) groups excluding carboxylic acids is 3. The highest BCUT2D eigenvalue weighted by Gasteiger charge is 2.32. The maximum absolute atomic E-state index is 12.6. The Balaban J connectivity index is 0.000000246. The quantitative estimate of drug-likeness (QED) is 0.152. The molecule has 9 N–H and O–H groups in total. The van der Waals surface area contributed by atoms with E-state index in [0.29, 0.717) is 11.3 Å². The molecule has 3 amide bonds. The number of nitrogens with zero attached hydrogens (tertiary/aromatic N) is 4. The number of para-hydroxylation sites is 1. The number of primary amides is 2. The van der Waals surface area contributed by atoms with E-state index in [1.165, 1.54) is 30.6 Å². The number of halogens is 3. The Bertz CT molecular complexity index is 1770. The lowest BCUT2D eigenvalue weighted by Gasteiger charge is -2.13. The van der Waals surface area contributed by atoms with Crippen LogP contribution in [0.1, 0.15) is 26.5 Å². The lowest BCUT2D eigenvalue weighted by atomic mass is 10.1. The highest BCUT2D eigenvalue weighted by Crippen LogP contribution is 2.30. The number of aromatic amines is 2. The maximum Gasteiger partial charge on any atom is 0.573 e. The molecule has 0 saturated heterocycles. The molecule has 5 aromatic rings. The number of amides is 3. The van der Waals surface area contributed by atoms with Gasteiger partial charge in [0, 0.05) is 41.5 Å². The Morgan fingerprint density at radius 2 is 1.39 bits per heavy atom. The van der Waals surface area contributed by atoms with Crippen molar-refractivity contribution < 1.29 is 32.3 Å². The van der Waals surface area contributed by atoms with Crippen molar-refractivity contribution in [2.45, 2.75) is 12.8 Å². The summed E-state index contributed by atoms with van der Waals surface area (Å²) in [6.07, 6.45) is 0.897. The van der Waals surface area contributed by atoms with Gasteiger partial charge in [0.2, 0.25) is 5.91 Å². The molecule has 0 bridgehead atoms. The SMILES string of the molecule is NC(=O)c1[nH]nc(-c2cccnc2)c1N.NC(=O)c1[nH]nc(-c2cccnc2)c1NC(=O)Cc1ccccc1OC(F)(F)F. The molecule has 14 nitrogen and oxygen atoms in total. The normalized spacial score (nSPS) is 10.8. The summed E-state index contributed by atoms with van der Waals surface area (Å²) in [5.41, 5.74) is 18.3. The lowest BCUT2D eigenvalue weighted by molar-refractivity contribution is -0.274. The van der Waals surface area contributed by atoms with Crippen LogP contribution in [-0.2, 0) is 11.2 Å². The molecule has 0 fully saturated rings. The maximum atomic E-state index is 12.6. The van der Waals surface area contributed by atoms with Crippen molar-refractivity contribution in [2.24, 2.45) is 11.5 Å². The highest BCUT2D eigenvalue weighted by molar-refractivity contribution is 6.05. The summed E-state index contributed by atoms with van der Waals surface area (Å²) in [6.45, 7) is 0. The third-order valence-electron chi connectivity index (χ3n) is 5.75. The first-order chi connectivity index (χ1) is 20.9. The van der Waals surface area contributed by atoms with Gasteiger partial charge in [-0.1, -0.05) is 18.2 Å². The smallest absolute Gasteiger partial charge is 0.405 e. The van der Waals surface area contributed by atoms with Crippen LogP contribution in [0.3, 0.4) is 0 Å². The second-order valence-electron chi connectivity index (χ2n) is 8.78. The number of nitrogen functional groups attached to an aromatic ring is 1. The monoisotopic (exact) mass is 608 g/mol. The summed E-state index contributed by atoms with van der Waals surface area (Å²) in [6, 6.07) is 12.1. The molecule has 0 saturated carbocycles. The van der Waals surface area contributed by atoms with Crippen LogP contribution < -0.4 is 27.3 Å². The molecule has 0 unspecified atom stereocenters. The predicted molar refractivity (Wildman–Crippen MR) is 151 cm³/mol. The largest absolute Gasteiger partial charge is 0.573 e. The third kappa shape index (κ3) is 7.52. The molecule has 4 heterocycles. The van der Waals surface area contributed by atoms with E-state index in [1.54, 1.807) is 36.7 Å². The fourth-order valence-corrected chi connectivity index (χ4v) is 3.85. The molecule has 0 radical (unpaired) electrons. The van der Waals surface area contributed by atoms with Gasteiger partial charge in [0.05, 0.1) is 12.1 Å². The van der Waals surface area contributed by atoms with E-state index in [1.807, 2.05) is 0 Å². The minimum atomic E-state index is -4.90. The van der Waals surface area contributed by atoms with Crippen molar-refractivity contribution in [3.8, 4) is 28.3 Å². The number of alkyl halides is 3. The summed E-state index contributed by atoms with van der Waals surface area (Å²) in [5, 5.41) is 15.3. The molecule has 5 rings (SSSR count). The molecular formula is C27H23F3N10O4. The summed E-state index contributed by atoms with van der Waals surface area (Å²) in [7, 11) is 0. The zero-order chi connectivity index (χ0) is 31.9. The molecule has 1 aromatic carbocycles. The van der Waals surface area contributed by atoms with Crippen molar-refractivity contribution in [1.82, 2.24) is 30.4 Å². The third-order valence-corrected chi connectivity index (χ3v) is 5.75. The molecular weight excluding hydrogens is 585 g/mol. The number of rotatable bonds is 8. The van der Waals surface area contributed by atoms with Gasteiger partial charge in [-0.2, -0.15) is 10.2 Å². The average Bonchev–Trinajstić information content (AvgIpc) is 3.58. The number of aromatic nitrogens is 6. The Hall–Kier alpha value is -6.26. The van der Waals surface area contributed by atoms with E-state index in [-0.39, 0.29) is 34.0 Å². The van der Waals surface area contributed by atoms with E-state index < -0.39 is 36.3 Å². The van der Waals surface area contributed by atoms with Crippen molar-refractivity contribution in [3.05, 3.63) is 90.3 Å². The molecule has 0 spiro atoms. The predicted octanol–water partition coefficient (Wildman–Crippen LogP) is 2.80. The topological polar surface area (TPSA) is 234 Å². The first-order valence-electron chi connectivity index (χ1n) is 12.4. The van der Waals surface area contributed by atoms with Crippen molar-refractivity contribution in [1.29, 1.82) is 0 Å². The van der Waals surface area contributed by atoms with Gasteiger partial charge in [0.15, 0.2) is 0 Å². The van der Waals surface area contributed by atoms with E-state index >= 15 is 0 Å². The molecule has 4 aromatic heterocycles. The van der Waals surface area contributed by atoms with Crippen LogP contribution in [-0.4, -0.2) is 54.4 Å². The van der Waals surface area contributed by atoms with Crippen LogP contribution in [0.5, 0.6) is 5.75 Å². The van der Waals surface area contributed by atoms with E-state index in [2.05, 4.69) is 40.4 Å². The average molecular weight is 609 g/mol. The number of benzene rings is 1. The number of carbonyl (C=O) groups is 3. The number of pyridine rings is 2. The number of nitrogens with one attached hydrogen (secondary N) is 3. The minimum Gasteiger partial charge on any atom is -0.405 e. The zero-order valence-corrected chi connectivity index (χ0v) is 22.4. The van der Waals surface area contributed by atoms with Crippen LogP contribution in [0.15, 0.2) is 73.3 Å². The summed E-state index contributed by atoms with van der Waals surface area (Å²) < 4.78 is 41.6.